The van der Waals surface area contributed by atoms with Gasteiger partial charge in [0.2, 0.25) is 0 Å². The van der Waals surface area contributed by atoms with Crippen molar-refractivity contribution in [3.8, 4) is 0 Å². The van der Waals surface area contributed by atoms with E-state index in [2.05, 4.69) is 12.2 Å². The van der Waals surface area contributed by atoms with Gasteiger partial charge in [-0.15, -0.1) is 0 Å². The molecule has 1 aliphatic rings. The van der Waals surface area contributed by atoms with Crippen LogP contribution in [0.3, 0.4) is 0 Å². The Bertz CT molecular complexity index is 273. The predicted molar refractivity (Wildman–Crippen MR) is 67.8 cm³/mol. The van der Waals surface area contributed by atoms with Gasteiger partial charge in [-0.2, -0.15) is 8.78 Å². The van der Waals surface area contributed by atoms with Gasteiger partial charge in [-0.25, -0.2) is 8.78 Å². The lowest BCUT2D eigenvalue weighted by Gasteiger charge is -2.44. The summed E-state index contributed by atoms with van der Waals surface area (Å²) in [6.45, 7) is 6.39. The van der Waals surface area contributed by atoms with Gasteiger partial charge in [0, 0.05) is 18.6 Å². The Kier molecular flexibility index (Phi) is 6.05. The van der Waals surface area contributed by atoms with Crippen LogP contribution in [0.25, 0.3) is 0 Å². The average Bonchev–Trinajstić information content (AvgIpc) is 2.34. The molecule has 0 saturated carbocycles. The molecule has 0 amide bonds. The molecule has 0 bridgehead atoms. The lowest BCUT2D eigenvalue weighted by molar-refractivity contribution is -0.151. The Hall–Kier alpha value is -0.360. The Balaban J connectivity index is 2.57. The predicted octanol–water partition coefficient (Wildman–Crippen LogP) is 2.99. The Labute approximate surface area is 112 Å². The smallest absolute Gasteiger partial charge is 0.314 e. The molecule has 1 aliphatic heterocycles. The van der Waals surface area contributed by atoms with Gasteiger partial charge in [-0.1, -0.05) is 13.8 Å². The van der Waals surface area contributed by atoms with Gasteiger partial charge in [-0.3, -0.25) is 4.90 Å². The summed E-state index contributed by atoms with van der Waals surface area (Å²) in [5.41, 5.74) is 0. The molecular weight excluding hydrogens is 260 g/mol. The van der Waals surface area contributed by atoms with E-state index in [0.29, 0.717) is 6.54 Å². The number of nitrogens with zero attached hydrogens (tertiary/aromatic N) is 1. The molecule has 0 radical (unpaired) electrons. The normalized spacial score (nSPS) is 30.0. The summed E-state index contributed by atoms with van der Waals surface area (Å²) in [6.07, 6.45) is -1.85. The van der Waals surface area contributed by atoms with Crippen LogP contribution in [-0.4, -0.2) is 49.0 Å². The summed E-state index contributed by atoms with van der Waals surface area (Å²) in [5.74, 6) is -3.74. The van der Waals surface area contributed by atoms with Crippen molar-refractivity contribution in [1.82, 2.24) is 10.2 Å². The highest BCUT2D eigenvalue weighted by atomic mass is 19.3. The fourth-order valence-electron chi connectivity index (χ4n) is 2.62. The van der Waals surface area contributed by atoms with Crippen LogP contribution in [0.1, 0.15) is 33.6 Å². The first-order valence-electron chi connectivity index (χ1n) is 6.93. The van der Waals surface area contributed by atoms with E-state index in [1.54, 1.807) is 0 Å². The number of alkyl halides is 4. The maximum atomic E-state index is 13.1. The van der Waals surface area contributed by atoms with Crippen molar-refractivity contribution in [2.75, 3.05) is 19.6 Å². The average molecular weight is 284 g/mol. The molecule has 1 rings (SSSR count). The second-order valence-electron chi connectivity index (χ2n) is 5.48. The summed E-state index contributed by atoms with van der Waals surface area (Å²) in [5, 5.41) is 3.40. The molecule has 19 heavy (non-hydrogen) atoms. The molecule has 0 aromatic rings. The minimum Gasteiger partial charge on any atom is -0.314 e. The van der Waals surface area contributed by atoms with Crippen molar-refractivity contribution in [2.24, 2.45) is 5.92 Å². The molecule has 0 spiro atoms. The van der Waals surface area contributed by atoms with Crippen LogP contribution >= 0.6 is 0 Å². The van der Waals surface area contributed by atoms with Gasteiger partial charge >= 0.3 is 12.3 Å². The quantitative estimate of drug-likeness (QED) is 0.754. The van der Waals surface area contributed by atoms with Crippen LogP contribution in [0.4, 0.5) is 17.6 Å². The van der Waals surface area contributed by atoms with Crippen LogP contribution in [-0.2, 0) is 0 Å². The van der Waals surface area contributed by atoms with Crippen molar-refractivity contribution in [3.05, 3.63) is 0 Å². The summed E-state index contributed by atoms with van der Waals surface area (Å²) >= 11 is 0. The Morgan fingerprint density at radius 3 is 2.47 bits per heavy atom. The van der Waals surface area contributed by atoms with E-state index < -0.39 is 18.9 Å². The van der Waals surface area contributed by atoms with Crippen molar-refractivity contribution < 1.29 is 17.6 Å². The first-order chi connectivity index (χ1) is 8.79. The lowest BCUT2D eigenvalue weighted by atomic mass is 9.86. The van der Waals surface area contributed by atoms with Gasteiger partial charge in [0.1, 0.15) is 0 Å². The summed E-state index contributed by atoms with van der Waals surface area (Å²) in [7, 11) is 0. The van der Waals surface area contributed by atoms with E-state index in [1.165, 1.54) is 4.90 Å². The monoisotopic (exact) mass is 284 g/mol. The van der Waals surface area contributed by atoms with E-state index in [4.69, 9.17) is 0 Å². The van der Waals surface area contributed by atoms with Crippen molar-refractivity contribution in [3.63, 3.8) is 0 Å². The molecule has 1 fully saturated rings. The van der Waals surface area contributed by atoms with E-state index in [-0.39, 0.29) is 18.0 Å². The van der Waals surface area contributed by atoms with Gasteiger partial charge in [0.05, 0.1) is 6.54 Å². The number of rotatable bonds is 6. The van der Waals surface area contributed by atoms with Crippen molar-refractivity contribution in [1.29, 1.82) is 0 Å². The van der Waals surface area contributed by atoms with E-state index in [9.17, 15) is 17.6 Å². The molecule has 1 saturated heterocycles. The summed E-state index contributed by atoms with van der Waals surface area (Å²) in [4.78, 5) is 1.49. The molecule has 1 N–H and O–H groups in total. The van der Waals surface area contributed by atoms with Crippen LogP contribution in [0.5, 0.6) is 0 Å². The minimum absolute atomic E-state index is 0.118. The number of hydrogen-bond acceptors (Lipinski definition) is 2. The Morgan fingerprint density at radius 1 is 1.32 bits per heavy atom. The third kappa shape index (κ3) is 4.31. The van der Waals surface area contributed by atoms with E-state index >= 15 is 0 Å². The first-order valence-corrected chi connectivity index (χ1v) is 6.93. The lowest BCUT2D eigenvalue weighted by Crippen LogP contribution is -2.56. The first kappa shape index (κ1) is 16.7. The van der Waals surface area contributed by atoms with Crippen LogP contribution in [0.15, 0.2) is 0 Å². The molecule has 2 nitrogen and oxygen atoms in total. The fraction of sp³-hybridized carbons (Fsp3) is 1.00. The number of nitrogens with one attached hydrogen (secondary N) is 1. The molecule has 114 valence electrons. The zero-order valence-corrected chi connectivity index (χ0v) is 11.8. The van der Waals surface area contributed by atoms with Crippen LogP contribution in [0.2, 0.25) is 0 Å². The minimum atomic E-state index is -3.92. The largest absolute Gasteiger partial charge is 0.319 e. The van der Waals surface area contributed by atoms with Gasteiger partial charge in [0.15, 0.2) is 0 Å². The zero-order chi connectivity index (χ0) is 14.6. The molecule has 3 atom stereocenters. The standard InChI is InChI=1S/C13H24F4N2/c1-4-6-18-11-5-7-19(10(3)9(11)2)8-13(16,17)12(14)15/h9-12,18H,4-8H2,1-3H3. The third-order valence-corrected chi connectivity index (χ3v) is 4.09. The van der Waals surface area contributed by atoms with Crippen molar-refractivity contribution in [2.45, 2.75) is 58.0 Å². The zero-order valence-electron chi connectivity index (χ0n) is 11.8. The van der Waals surface area contributed by atoms with Crippen LogP contribution < -0.4 is 5.32 Å². The second-order valence-corrected chi connectivity index (χ2v) is 5.48. The molecule has 0 aromatic carbocycles. The number of likely N-dealkylation sites (tertiary alicyclic amines) is 1. The van der Waals surface area contributed by atoms with Gasteiger partial charge in [-0.05, 0) is 32.2 Å². The highest BCUT2D eigenvalue weighted by Crippen LogP contribution is 2.29. The second kappa shape index (κ2) is 6.88. The SMILES string of the molecule is CCCNC1CCN(CC(F)(F)C(F)F)C(C)C1C. The Morgan fingerprint density at radius 2 is 1.95 bits per heavy atom. The maximum absolute atomic E-state index is 13.1. The highest BCUT2D eigenvalue weighted by molar-refractivity contribution is 4.90. The molecule has 0 aliphatic carbocycles. The van der Waals surface area contributed by atoms with Crippen molar-refractivity contribution >= 4 is 0 Å². The molecule has 0 aromatic heterocycles. The van der Waals surface area contributed by atoms with Gasteiger partial charge < -0.3 is 5.32 Å². The highest BCUT2D eigenvalue weighted by Gasteiger charge is 2.45. The molecule has 1 heterocycles. The van der Waals surface area contributed by atoms with E-state index in [0.717, 1.165) is 19.4 Å². The van der Waals surface area contributed by atoms with E-state index in [1.807, 2.05) is 13.8 Å². The maximum Gasteiger partial charge on any atom is 0.319 e. The fourth-order valence-corrected chi connectivity index (χ4v) is 2.62. The summed E-state index contributed by atoms with van der Waals surface area (Å²) in [6, 6.07) is 0.166. The molecular formula is C13H24F4N2. The summed E-state index contributed by atoms with van der Waals surface area (Å²) < 4.78 is 50.7. The van der Waals surface area contributed by atoms with Crippen LogP contribution in [0, 0.1) is 5.92 Å². The number of halogens is 4. The number of piperidine rings is 1. The van der Waals surface area contributed by atoms with Gasteiger partial charge in [0.25, 0.3) is 0 Å². The topological polar surface area (TPSA) is 15.3 Å². The molecule has 3 unspecified atom stereocenters. The molecule has 6 heteroatoms. The number of hydrogen-bond donors (Lipinski definition) is 1. The third-order valence-electron chi connectivity index (χ3n) is 4.09.